The van der Waals surface area contributed by atoms with Gasteiger partial charge >= 0.3 is 0 Å². The van der Waals surface area contributed by atoms with Crippen molar-refractivity contribution in [2.75, 3.05) is 0 Å². The first-order chi connectivity index (χ1) is 12.8. The summed E-state index contributed by atoms with van der Waals surface area (Å²) in [6.45, 7) is 0.697. The number of hydrogen-bond donors (Lipinski definition) is 1. The zero-order chi connectivity index (χ0) is 17.8. The first-order valence-electron chi connectivity index (χ1n) is 8.82. The molecule has 0 aliphatic heterocycles. The van der Waals surface area contributed by atoms with Crippen LogP contribution in [0.1, 0.15) is 41.4 Å². The Morgan fingerprint density at radius 3 is 2.92 bits per heavy atom. The van der Waals surface area contributed by atoms with Crippen LogP contribution in [0.3, 0.4) is 0 Å². The van der Waals surface area contributed by atoms with Crippen molar-refractivity contribution in [3.8, 4) is 17.2 Å². The van der Waals surface area contributed by atoms with Crippen LogP contribution in [-0.4, -0.2) is 15.0 Å². The quantitative estimate of drug-likeness (QED) is 0.785. The predicted octanol–water partition coefficient (Wildman–Crippen LogP) is 3.58. The Hall–Kier alpha value is -3.10. The van der Waals surface area contributed by atoms with Crippen molar-refractivity contribution < 1.29 is 0 Å². The molecule has 0 saturated carbocycles. The molecule has 0 saturated heterocycles. The summed E-state index contributed by atoms with van der Waals surface area (Å²) in [5, 5.41) is 12.8. The topological polar surface area (TPSA) is 74.5 Å². The van der Waals surface area contributed by atoms with Gasteiger partial charge in [-0.05, 0) is 43.0 Å². The molecule has 5 heteroatoms. The van der Waals surface area contributed by atoms with Gasteiger partial charge in [0.1, 0.15) is 6.07 Å². The summed E-state index contributed by atoms with van der Waals surface area (Å²) in [5.41, 5.74) is 5.85. The SMILES string of the molecule is N#Cc1cnccc1-c1ccc(CN[C@@H]2CCCc3cccnc32)nc1. The van der Waals surface area contributed by atoms with Crippen LogP contribution in [0.2, 0.25) is 0 Å². The molecule has 5 nitrogen and oxygen atoms in total. The minimum Gasteiger partial charge on any atom is -0.303 e. The van der Waals surface area contributed by atoms with Gasteiger partial charge in [0.2, 0.25) is 0 Å². The maximum Gasteiger partial charge on any atom is 0.101 e. The second-order valence-corrected chi connectivity index (χ2v) is 6.44. The number of aryl methyl sites for hydroxylation is 1. The Bertz CT molecular complexity index is 943. The summed E-state index contributed by atoms with van der Waals surface area (Å²) in [7, 11) is 0. The fraction of sp³-hybridized carbons (Fsp3) is 0.238. The molecule has 1 N–H and O–H groups in total. The summed E-state index contributed by atoms with van der Waals surface area (Å²) in [4.78, 5) is 13.1. The molecule has 3 heterocycles. The lowest BCUT2D eigenvalue weighted by molar-refractivity contribution is 0.445. The fourth-order valence-corrected chi connectivity index (χ4v) is 3.46. The van der Waals surface area contributed by atoms with Crippen molar-refractivity contribution in [1.29, 1.82) is 5.26 Å². The van der Waals surface area contributed by atoms with Crippen LogP contribution in [0.15, 0.2) is 55.1 Å². The van der Waals surface area contributed by atoms with Crippen LogP contribution in [0, 0.1) is 11.3 Å². The van der Waals surface area contributed by atoms with E-state index in [1.54, 1.807) is 12.4 Å². The van der Waals surface area contributed by atoms with E-state index in [4.69, 9.17) is 0 Å². The monoisotopic (exact) mass is 341 g/mol. The highest BCUT2D eigenvalue weighted by atomic mass is 15.0. The summed E-state index contributed by atoms with van der Waals surface area (Å²) in [6.07, 6.45) is 10.4. The van der Waals surface area contributed by atoms with Crippen LogP contribution in [0.4, 0.5) is 0 Å². The summed E-state index contributed by atoms with van der Waals surface area (Å²) in [5.74, 6) is 0. The van der Waals surface area contributed by atoms with E-state index in [9.17, 15) is 5.26 Å². The molecule has 0 radical (unpaired) electrons. The van der Waals surface area contributed by atoms with Crippen LogP contribution >= 0.6 is 0 Å². The molecule has 0 aromatic carbocycles. The average molecular weight is 341 g/mol. The summed E-state index contributed by atoms with van der Waals surface area (Å²) < 4.78 is 0. The van der Waals surface area contributed by atoms with Gasteiger partial charge in [-0.1, -0.05) is 12.1 Å². The smallest absolute Gasteiger partial charge is 0.101 e. The standard InChI is InChI=1S/C21H19N5/c22-11-17-12-23-10-8-19(17)16-6-7-18(25-13-16)14-26-20-5-1-3-15-4-2-9-24-21(15)20/h2,4,6-10,12-13,20,26H,1,3,5,14H2/t20-/m1/s1. The number of rotatable bonds is 4. The fourth-order valence-electron chi connectivity index (χ4n) is 3.46. The molecule has 26 heavy (non-hydrogen) atoms. The van der Waals surface area contributed by atoms with Gasteiger partial charge in [0.15, 0.2) is 0 Å². The van der Waals surface area contributed by atoms with E-state index in [2.05, 4.69) is 32.4 Å². The van der Waals surface area contributed by atoms with E-state index in [0.29, 0.717) is 12.1 Å². The van der Waals surface area contributed by atoms with Gasteiger partial charge in [0, 0.05) is 42.5 Å². The molecule has 3 aromatic heterocycles. The van der Waals surface area contributed by atoms with Crippen molar-refractivity contribution >= 4 is 0 Å². The Morgan fingerprint density at radius 1 is 1.12 bits per heavy atom. The van der Waals surface area contributed by atoms with Gasteiger partial charge in [0.25, 0.3) is 0 Å². The summed E-state index contributed by atoms with van der Waals surface area (Å²) >= 11 is 0. The number of nitrogens with one attached hydrogen (secondary N) is 1. The van der Waals surface area contributed by atoms with Crippen LogP contribution < -0.4 is 5.32 Å². The predicted molar refractivity (Wildman–Crippen MR) is 98.9 cm³/mol. The van der Waals surface area contributed by atoms with Gasteiger partial charge in [0.05, 0.1) is 23.0 Å². The van der Waals surface area contributed by atoms with E-state index in [0.717, 1.165) is 29.7 Å². The third-order valence-electron chi connectivity index (χ3n) is 4.80. The molecular formula is C21H19N5. The Kier molecular flexibility index (Phi) is 4.67. The molecule has 1 aliphatic carbocycles. The highest BCUT2D eigenvalue weighted by molar-refractivity contribution is 5.68. The molecule has 0 bridgehead atoms. The van der Waals surface area contributed by atoms with E-state index in [1.807, 2.05) is 36.7 Å². The van der Waals surface area contributed by atoms with Gasteiger partial charge in [-0.2, -0.15) is 5.26 Å². The van der Waals surface area contributed by atoms with Crippen molar-refractivity contribution in [3.63, 3.8) is 0 Å². The molecule has 0 amide bonds. The van der Waals surface area contributed by atoms with Crippen LogP contribution in [-0.2, 0) is 13.0 Å². The lowest BCUT2D eigenvalue weighted by Crippen LogP contribution is -2.26. The molecule has 3 aromatic rings. The van der Waals surface area contributed by atoms with E-state index in [1.165, 1.54) is 17.7 Å². The minimum absolute atomic E-state index is 0.284. The van der Waals surface area contributed by atoms with Gasteiger partial charge in [-0.15, -0.1) is 0 Å². The Morgan fingerprint density at radius 2 is 2.08 bits per heavy atom. The molecule has 0 unspecified atom stereocenters. The lowest BCUT2D eigenvalue weighted by atomic mass is 9.92. The molecule has 1 aliphatic rings. The second-order valence-electron chi connectivity index (χ2n) is 6.44. The van der Waals surface area contributed by atoms with Gasteiger partial charge in [-0.25, -0.2) is 0 Å². The van der Waals surface area contributed by atoms with Gasteiger partial charge < -0.3 is 5.32 Å². The number of nitrogens with zero attached hydrogens (tertiary/aromatic N) is 4. The highest BCUT2D eigenvalue weighted by Crippen LogP contribution is 2.28. The average Bonchev–Trinajstić information content (AvgIpc) is 2.72. The van der Waals surface area contributed by atoms with Crippen LogP contribution in [0.5, 0.6) is 0 Å². The van der Waals surface area contributed by atoms with Crippen molar-refractivity contribution in [2.45, 2.75) is 31.8 Å². The first kappa shape index (κ1) is 16.4. The number of pyridine rings is 3. The van der Waals surface area contributed by atoms with Crippen molar-refractivity contribution in [3.05, 3.63) is 77.6 Å². The maximum absolute atomic E-state index is 9.22. The molecule has 4 rings (SSSR count). The number of hydrogen-bond acceptors (Lipinski definition) is 5. The van der Waals surface area contributed by atoms with E-state index in [-0.39, 0.29) is 6.04 Å². The Labute approximate surface area is 152 Å². The number of fused-ring (bicyclic) bond motifs is 1. The molecule has 128 valence electrons. The second kappa shape index (κ2) is 7.42. The van der Waals surface area contributed by atoms with E-state index < -0.39 is 0 Å². The molecule has 0 fully saturated rings. The normalized spacial score (nSPS) is 15.9. The Balaban J connectivity index is 1.47. The van der Waals surface area contributed by atoms with Crippen molar-refractivity contribution in [1.82, 2.24) is 20.3 Å². The third-order valence-corrected chi connectivity index (χ3v) is 4.80. The third kappa shape index (κ3) is 3.32. The number of aromatic nitrogens is 3. The molecule has 0 spiro atoms. The highest BCUT2D eigenvalue weighted by Gasteiger charge is 2.20. The maximum atomic E-state index is 9.22. The van der Waals surface area contributed by atoms with Gasteiger partial charge in [-0.3, -0.25) is 15.0 Å². The number of nitriles is 1. The minimum atomic E-state index is 0.284. The lowest BCUT2D eigenvalue weighted by Gasteiger charge is -2.25. The van der Waals surface area contributed by atoms with Crippen molar-refractivity contribution in [2.24, 2.45) is 0 Å². The molecular weight excluding hydrogens is 322 g/mol. The van der Waals surface area contributed by atoms with E-state index >= 15 is 0 Å². The zero-order valence-electron chi connectivity index (χ0n) is 14.4. The molecule has 1 atom stereocenters. The van der Waals surface area contributed by atoms with Crippen LogP contribution in [0.25, 0.3) is 11.1 Å². The zero-order valence-corrected chi connectivity index (χ0v) is 14.4. The first-order valence-corrected chi connectivity index (χ1v) is 8.82. The largest absolute Gasteiger partial charge is 0.303 e. The summed E-state index contributed by atoms with van der Waals surface area (Å²) in [6, 6.07) is 12.5.